The van der Waals surface area contributed by atoms with Crippen molar-refractivity contribution in [3.63, 3.8) is 0 Å². The zero-order valence-corrected chi connectivity index (χ0v) is 17.2. The molecule has 9 heteroatoms. The van der Waals surface area contributed by atoms with Gasteiger partial charge in [-0.15, -0.1) is 0 Å². The summed E-state index contributed by atoms with van der Waals surface area (Å²) in [5.74, 6) is 0.152. The van der Waals surface area contributed by atoms with Gasteiger partial charge >= 0.3 is 0 Å². The fraction of sp³-hybridized carbons (Fsp3) is 0.278. The molecule has 0 aliphatic heterocycles. The Kier molecular flexibility index (Phi) is 7.35. The van der Waals surface area contributed by atoms with E-state index >= 15 is 0 Å². The van der Waals surface area contributed by atoms with E-state index in [1.807, 2.05) is 13.8 Å². The van der Waals surface area contributed by atoms with Gasteiger partial charge in [0.1, 0.15) is 5.75 Å². The molecule has 1 amide bonds. The van der Waals surface area contributed by atoms with Gasteiger partial charge in [-0.2, -0.15) is 0 Å². The van der Waals surface area contributed by atoms with Crippen molar-refractivity contribution in [1.29, 1.82) is 0 Å². The summed E-state index contributed by atoms with van der Waals surface area (Å²) in [6.45, 7) is 3.73. The molecule has 1 atom stereocenters. The second-order valence-corrected chi connectivity index (χ2v) is 8.46. The number of sulfonamides is 1. The van der Waals surface area contributed by atoms with E-state index in [-0.39, 0.29) is 29.1 Å². The normalized spacial score (nSPS) is 12.3. The van der Waals surface area contributed by atoms with Gasteiger partial charge in [0.2, 0.25) is 0 Å². The molecule has 0 aliphatic rings. The summed E-state index contributed by atoms with van der Waals surface area (Å²) in [6, 6.07) is 10.2. The number of anilines is 1. The van der Waals surface area contributed by atoms with Crippen molar-refractivity contribution in [2.75, 3.05) is 11.3 Å². The van der Waals surface area contributed by atoms with Crippen LogP contribution in [0.3, 0.4) is 0 Å². The van der Waals surface area contributed by atoms with E-state index < -0.39 is 10.0 Å². The summed E-state index contributed by atoms with van der Waals surface area (Å²) < 4.78 is 32.7. The van der Waals surface area contributed by atoms with Gasteiger partial charge in [-0.3, -0.25) is 9.52 Å². The largest absolute Gasteiger partial charge is 0.484 e. The second kappa shape index (κ2) is 9.30. The molecule has 2 N–H and O–H groups in total. The molecule has 0 saturated heterocycles. The minimum absolute atomic E-state index is 0.0370. The van der Waals surface area contributed by atoms with Gasteiger partial charge < -0.3 is 10.1 Å². The van der Waals surface area contributed by atoms with Crippen molar-refractivity contribution in [1.82, 2.24) is 5.32 Å². The maximum Gasteiger partial charge on any atom is 0.261 e. The van der Waals surface area contributed by atoms with Gasteiger partial charge in [-0.25, -0.2) is 8.42 Å². The number of nitrogens with one attached hydrogen (secondary N) is 2. The van der Waals surface area contributed by atoms with E-state index in [9.17, 15) is 13.2 Å². The molecule has 2 aromatic carbocycles. The smallest absolute Gasteiger partial charge is 0.261 e. The topological polar surface area (TPSA) is 84.5 Å². The third kappa shape index (κ3) is 6.61. The minimum atomic E-state index is -3.82. The molecule has 0 saturated carbocycles. The summed E-state index contributed by atoms with van der Waals surface area (Å²) in [5.41, 5.74) is 0.259. The van der Waals surface area contributed by atoms with E-state index in [4.69, 9.17) is 27.9 Å². The van der Waals surface area contributed by atoms with Crippen molar-refractivity contribution in [2.45, 2.75) is 31.2 Å². The molecule has 146 valence electrons. The van der Waals surface area contributed by atoms with Crippen LogP contribution < -0.4 is 14.8 Å². The standard InChI is InChI=1S/C18H20Cl2N2O4S/c1-3-12(2)21-18(23)11-26-16-4-6-17(7-5-16)27(24,25)22-15-9-13(19)8-14(20)10-15/h4-10,12,22H,3,11H2,1-2H3,(H,21,23)/t12-/m1/s1. The number of carbonyl (C=O) groups excluding carboxylic acids is 1. The SMILES string of the molecule is CC[C@@H](C)NC(=O)COc1ccc(S(=O)(=O)Nc2cc(Cl)cc(Cl)c2)cc1. The summed E-state index contributed by atoms with van der Waals surface area (Å²) in [7, 11) is -3.82. The number of halogens is 2. The van der Waals surface area contributed by atoms with Crippen LogP contribution in [0.25, 0.3) is 0 Å². The lowest BCUT2D eigenvalue weighted by atomic mass is 10.2. The molecular weight excluding hydrogens is 411 g/mol. The monoisotopic (exact) mass is 430 g/mol. The molecule has 0 aliphatic carbocycles. The molecule has 0 radical (unpaired) electrons. The Morgan fingerprint density at radius 2 is 1.70 bits per heavy atom. The van der Waals surface area contributed by atoms with E-state index in [1.54, 1.807) is 0 Å². The van der Waals surface area contributed by atoms with Gasteiger partial charge in [0.25, 0.3) is 15.9 Å². The van der Waals surface area contributed by atoms with Crippen molar-refractivity contribution >= 4 is 44.8 Å². The van der Waals surface area contributed by atoms with E-state index in [0.29, 0.717) is 15.8 Å². The van der Waals surface area contributed by atoms with Crippen LogP contribution >= 0.6 is 23.2 Å². The Labute approximate surface area is 168 Å². The number of benzene rings is 2. The van der Waals surface area contributed by atoms with Crippen LogP contribution in [0.4, 0.5) is 5.69 Å². The maximum absolute atomic E-state index is 12.5. The number of hydrogen-bond donors (Lipinski definition) is 2. The van der Waals surface area contributed by atoms with E-state index in [1.165, 1.54) is 42.5 Å². The molecule has 0 bridgehead atoms. The number of amides is 1. The molecule has 0 spiro atoms. The molecule has 0 heterocycles. The molecule has 0 unspecified atom stereocenters. The Bertz CT molecular complexity index is 882. The first-order valence-electron chi connectivity index (χ1n) is 8.20. The second-order valence-electron chi connectivity index (χ2n) is 5.90. The fourth-order valence-corrected chi connectivity index (χ4v) is 3.68. The highest BCUT2D eigenvalue weighted by Gasteiger charge is 2.15. The van der Waals surface area contributed by atoms with Gasteiger partial charge in [0.05, 0.1) is 10.6 Å². The van der Waals surface area contributed by atoms with Gasteiger partial charge in [-0.1, -0.05) is 30.1 Å². The third-order valence-electron chi connectivity index (χ3n) is 3.64. The van der Waals surface area contributed by atoms with Gasteiger partial charge in [0.15, 0.2) is 6.61 Å². The van der Waals surface area contributed by atoms with Crippen LogP contribution in [0, 0.1) is 0 Å². The lowest BCUT2D eigenvalue weighted by Gasteiger charge is -2.12. The molecule has 0 aromatic heterocycles. The highest BCUT2D eigenvalue weighted by atomic mass is 35.5. The minimum Gasteiger partial charge on any atom is -0.484 e. The summed E-state index contributed by atoms with van der Waals surface area (Å²) in [5, 5.41) is 3.42. The molecular formula is C18H20Cl2N2O4S. The first kappa shape index (κ1) is 21.3. The molecule has 2 rings (SSSR count). The number of carbonyl (C=O) groups is 1. The molecule has 2 aromatic rings. The van der Waals surface area contributed by atoms with Crippen LogP contribution in [0.15, 0.2) is 47.4 Å². The van der Waals surface area contributed by atoms with Crippen molar-refractivity contribution in [2.24, 2.45) is 0 Å². The summed E-state index contributed by atoms with van der Waals surface area (Å²) >= 11 is 11.8. The summed E-state index contributed by atoms with van der Waals surface area (Å²) in [6.07, 6.45) is 0.823. The van der Waals surface area contributed by atoms with Crippen LogP contribution in [0.2, 0.25) is 10.0 Å². The summed E-state index contributed by atoms with van der Waals surface area (Å²) in [4.78, 5) is 11.7. The fourth-order valence-electron chi connectivity index (χ4n) is 2.11. The van der Waals surface area contributed by atoms with E-state index in [0.717, 1.165) is 6.42 Å². The van der Waals surface area contributed by atoms with Crippen LogP contribution in [0.1, 0.15) is 20.3 Å². The Morgan fingerprint density at radius 1 is 1.11 bits per heavy atom. The van der Waals surface area contributed by atoms with Gasteiger partial charge in [-0.05, 0) is 55.8 Å². The zero-order chi connectivity index (χ0) is 20.0. The lowest BCUT2D eigenvalue weighted by molar-refractivity contribution is -0.123. The number of rotatable bonds is 8. The highest BCUT2D eigenvalue weighted by molar-refractivity contribution is 7.92. The molecule has 6 nitrogen and oxygen atoms in total. The van der Waals surface area contributed by atoms with Gasteiger partial charge in [0, 0.05) is 16.1 Å². The van der Waals surface area contributed by atoms with Crippen molar-refractivity contribution < 1.29 is 17.9 Å². The maximum atomic E-state index is 12.5. The molecule has 0 fully saturated rings. The molecule has 27 heavy (non-hydrogen) atoms. The van der Waals surface area contributed by atoms with Crippen LogP contribution in [0.5, 0.6) is 5.75 Å². The highest BCUT2D eigenvalue weighted by Crippen LogP contribution is 2.25. The van der Waals surface area contributed by atoms with Crippen molar-refractivity contribution in [3.8, 4) is 5.75 Å². The Hall–Kier alpha value is -1.96. The predicted octanol–water partition coefficient (Wildman–Crippen LogP) is 4.09. The average Bonchev–Trinajstić information content (AvgIpc) is 2.59. The first-order valence-corrected chi connectivity index (χ1v) is 10.4. The first-order chi connectivity index (χ1) is 12.7. The predicted molar refractivity (Wildman–Crippen MR) is 107 cm³/mol. The quantitative estimate of drug-likeness (QED) is 0.660. The number of hydrogen-bond acceptors (Lipinski definition) is 4. The van der Waals surface area contributed by atoms with E-state index in [2.05, 4.69) is 10.0 Å². The Balaban J connectivity index is 2.01. The lowest BCUT2D eigenvalue weighted by Crippen LogP contribution is -2.35. The Morgan fingerprint density at radius 3 is 2.26 bits per heavy atom. The van der Waals surface area contributed by atoms with Crippen LogP contribution in [-0.2, 0) is 14.8 Å². The average molecular weight is 431 g/mol. The van der Waals surface area contributed by atoms with Crippen LogP contribution in [-0.4, -0.2) is 27.0 Å². The van der Waals surface area contributed by atoms with Crippen molar-refractivity contribution in [3.05, 3.63) is 52.5 Å². The zero-order valence-electron chi connectivity index (χ0n) is 14.8. The number of ether oxygens (including phenoxy) is 1. The third-order valence-corrected chi connectivity index (χ3v) is 5.47.